The number of hydrogen-bond donors (Lipinski definition) is 1. The van der Waals surface area contributed by atoms with E-state index >= 15 is 0 Å². The summed E-state index contributed by atoms with van der Waals surface area (Å²) in [5.74, 6) is 0.193. The number of thioether (sulfide) groups is 1. The van der Waals surface area contributed by atoms with E-state index in [9.17, 15) is 14.7 Å². The summed E-state index contributed by atoms with van der Waals surface area (Å²) in [4.78, 5) is 25.4. The standard InChI is InChI=1S/C21H35NO5S/c1-14(2)16(17(23)11-12-18(24)26-8)10-9-15-13-28-21(6,7)22(15)19(25)27-20(3,4)5/h9-12,14-17,23H,13H2,1-8H3/b10-9+,12-11+/t15-,16+,17+/m1/s1. The molecule has 1 N–H and O–H groups in total. The lowest BCUT2D eigenvalue weighted by atomic mass is 9.89. The van der Waals surface area contributed by atoms with Crippen molar-refractivity contribution in [1.82, 2.24) is 4.90 Å². The maximum absolute atomic E-state index is 12.8. The Kier molecular flexibility index (Phi) is 8.63. The lowest BCUT2D eigenvalue weighted by Crippen LogP contribution is -2.48. The van der Waals surface area contributed by atoms with E-state index in [1.807, 2.05) is 60.6 Å². The van der Waals surface area contributed by atoms with Crippen LogP contribution >= 0.6 is 11.8 Å². The number of amides is 1. The third kappa shape index (κ3) is 7.17. The van der Waals surface area contributed by atoms with Crippen LogP contribution in [0.3, 0.4) is 0 Å². The van der Waals surface area contributed by atoms with E-state index in [4.69, 9.17) is 4.74 Å². The summed E-state index contributed by atoms with van der Waals surface area (Å²) >= 11 is 1.69. The van der Waals surface area contributed by atoms with Crippen molar-refractivity contribution >= 4 is 23.8 Å². The highest BCUT2D eigenvalue weighted by atomic mass is 32.2. The molecule has 0 aromatic carbocycles. The van der Waals surface area contributed by atoms with Gasteiger partial charge in [-0.15, -0.1) is 11.8 Å². The number of esters is 1. The summed E-state index contributed by atoms with van der Waals surface area (Å²) in [7, 11) is 1.30. The van der Waals surface area contributed by atoms with Crippen LogP contribution in [-0.4, -0.2) is 57.5 Å². The number of carbonyl (C=O) groups is 2. The molecular weight excluding hydrogens is 378 g/mol. The van der Waals surface area contributed by atoms with Gasteiger partial charge in [-0.05, 0) is 46.6 Å². The molecule has 0 aliphatic carbocycles. The SMILES string of the molecule is COC(=O)/C=C/[C@H](O)[C@@H](/C=C/[C@@H]1CSC(C)(C)N1C(=O)OC(C)(C)C)C(C)C. The van der Waals surface area contributed by atoms with Gasteiger partial charge in [0.05, 0.1) is 24.1 Å². The second-order valence-corrected chi connectivity index (χ2v) is 10.4. The summed E-state index contributed by atoms with van der Waals surface area (Å²) < 4.78 is 10.2. The molecular formula is C21H35NO5S. The zero-order chi connectivity index (χ0) is 21.7. The molecule has 0 unspecified atom stereocenters. The molecule has 1 aliphatic heterocycles. The van der Waals surface area contributed by atoms with Crippen LogP contribution in [0.5, 0.6) is 0 Å². The van der Waals surface area contributed by atoms with E-state index in [-0.39, 0.29) is 28.8 Å². The molecule has 0 spiro atoms. The zero-order valence-corrected chi connectivity index (χ0v) is 19.1. The molecule has 0 aromatic heterocycles. The van der Waals surface area contributed by atoms with Crippen molar-refractivity contribution in [3.8, 4) is 0 Å². The fourth-order valence-electron chi connectivity index (χ4n) is 3.00. The van der Waals surface area contributed by atoms with Crippen LogP contribution in [0.1, 0.15) is 48.5 Å². The minimum absolute atomic E-state index is 0.132. The second kappa shape index (κ2) is 9.83. The molecule has 1 amide bonds. The molecule has 1 fully saturated rings. The van der Waals surface area contributed by atoms with Gasteiger partial charge >= 0.3 is 12.1 Å². The van der Waals surface area contributed by atoms with Gasteiger partial charge < -0.3 is 14.6 Å². The molecule has 0 aromatic rings. The van der Waals surface area contributed by atoms with Gasteiger partial charge in [-0.25, -0.2) is 9.59 Å². The lowest BCUT2D eigenvalue weighted by Gasteiger charge is -2.35. The molecule has 6 nitrogen and oxygen atoms in total. The first-order valence-corrected chi connectivity index (χ1v) is 10.6. The summed E-state index contributed by atoms with van der Waals surface area (Å²) in [5, 5.41) is 10.5. The second-order valence-electron chi connectivity index (χ2n) is 8.75. The Hall–Kier alpha value is -1.47. The highest BCUT2D eigenvalue weighted by Crippen LogP contribution is 2.40. The van der Waals surface area contributed by atoms with Gasteiger partial charge in [0.25, 0.3) is 0 Å². The summed E-state index contributed by atoms with van der Waals surface area (Å²) in [6.45, 7) is 13.6. The summed E-state index contributed by atoms with van der Waals surface area (Å²) in [6.07, 6.45) is 5.40. The average molecular weight is 414 g/mol. The quantitative estimate of drug-likeness (QED) is 0.403. The third-order valence-electron chi connectivity index (χ3n) is 4.46. The number of aliphatic hydroxyl groups excluding tert-OH is 1. The summed E-state index contributed by atoms with van der Waals surface area (Å²) in [6, 6.07) is -0.132. The fourth-order valence-corrected chi connectivity index (χ4v) is 4.19. The Bertz CT molecular complexity index is 606. The Labute approximate surface area is 173 Å². The van der Waals surface area contributed by atoms with E-state index in [0.717, 1.165) is 5.75 Å². The molecule has 0 saturated carbocycles. The first-order valence-electron chi connectivity index (χ1n) is 9.57. The van der Waals surface area contributed by atoms with Crippen molar-refractivity contribution in [2.24, 2.45) is 11.8 Å². The molecule has 1 aliphatic rings. The molecule has 1 heterocycles. The van der Waals surface area contributed by atoms with E-state index < -0.39 is 17.7 Å². The predicted octanol–water partition coefficient (Wildman–Crippen LogP) is 3.99. The zero-order valence-electron chi connectivity index (χ0n) is 18.3. The predicted molar refractivity (Wildman–Crippen MR) is 113 cm³/mol. The smallest absolute Gasteiger partial charge is 0.411 e. The minimum atomic E-state index is -0.826. The van der Waals surface area contributed by atoms with E-state index in [0.29, 0.717) is 0 Å². The highest BCUT2D eigenvalue weighted by Gasteiger charge is 2.44. The topological polar surface area (TPSA) is 76.1 Å². The maximum Gasteiger partial charge on any atom is 0.411 e. The van der Waals surface area contributed by atoms with Gasteiger partial charge in [0.15, 0.2) is 0 Å². The van der Waals surface area contributed by atoms with Gasteiger partial charge in [-0.1, -0.05) is 26.0 Å². The van der Waals surface area contributed by atoms with Gasteiger partial charge in [0.2, 0.25) is 0 Å². The van der Waals surface area contributed by atoms with Crippen LogP contribution in [0.15, 0.2) is 24.3 Å². The highest BCUT2D eigenvalue weighted by molar-refractivity contribution is 8.00. The first-order chi connectivity index (χ1) is 12.8. The molecule has 160 valence electrons. The van der Waals surface area contributed by atoms with Gasteiger partial charge in [0, 0.05) is 17.7 Å². The van der Waals surface area contributed by atoms with E-state index in [2.05, 4.69) is 4.74 Å². The van der Waals surface area contributed by atoms with Crippen molar-refractivity contribution in [2.45, 2.75) is 71.1 Å². The van der Waals surface area contributed by atoms with Gasteiger partial charge in [-0.3, -0.25) is 4.90 Å². The van der Waals surface area contributed by atoms with Crippen molar-refractivity contribution in [1.29, 1.82) is 0 Å². The maximum atomic E-state index is 12.8. The molecule has 3 atom stereocenters. The third-order valence-corrected chi connectivity index (χ3v) is 5.87. The number of nitrogens with zero attached hydrogens (tertiary/aromatic N) is 1. The normalized spacial score (nSPS) is 22.1. The van der Waals surface area contributed by atoms with Crippen molar-refractivity contribution in [3.05, 3.63) is 24.3 Å². The molecule has 28 heavy (non-hydrogen) atoms. The molecule has 1 saturated heterocycles. The fraction of sp³-hybridized carbons (Fsp3) is 0.714. The van der Waals surface area contributed by atoms with Crippen LogP contribution < -0.4 is 0 Å². The van der Waals surface area contributed by atoms with Crippen LogP contribution in [-0.2, 0) is 14.3 Å². The van der Waals surface area contributed by atoms with Gasteiger partial charge in [-0.2, -0.15) is 0 Å². The number of methoxy groups -OCH3 is 1. The molecule has 0 bridgehead atoms. The largest absolute Gasteiger partial charge is 0.466 e. The number of ether oxygens (including phenoxy) is 2. The lowest BCUT2D eigenvalue weighted by molar-refractivity contribution is -0.134. The van der Waals surface area contributed by atoms with Crippen molar-refractivity contribution in [2.75, 3.05) is 12.9 Å². The molecule has 7 heteroatoms. The van der Waals surface area contributed by atoms with Crippen LogP contribution in [0.25, 0.3) is 0 Å². The monoisotopic (exact) mass is 413 g/mol. The van der Waals surface area contributed by atoms with Crippen LogP contribution in [0.2, 0.25) is 0 Å². The van der Waals surface area contributed by atoms with E-state index in [1.165, 1.54) is 19.3 Å². The Morgan fingerprint density at radius 3 is 2.36 bits per heavy atom. The number of aliphatic hydroxyl groups is 1. The number of hydrogen-bond acceptors (Lipinski definition) is 6. The van der Waals surface area contributed by atoms with Gasteiger partial charge in [0.1, 0.15) is 5.60 Å². The number of rotatable bonds is 6. The van der Waals surface area contributed by atoms with E-state index in [1.54, 1.807) is 16.7 Å². The first kappa shape index (κ1) is 24.6. The van der Waals surface area contributed by atoms with Crippen LogP contribution in [0.4, 0.5) is 4.79 Å². The average Bonchev–Trinajstić information content (AvgIpc) is 2.85. The molecule has 0 radical (unpaired) electrons. The van der Waals surface area contributed by atoms with Crippen molar-refractivity contribution in [3.63, 3.8) is 0 Å². The molecule has 1 rings (SSSR count). The van der Waals surface area contributed by atoms with Crippen LogP contribution in [0, 0.1) is 11.8 Å². The summed E-state index contributed by atoms with van der Waals surface area (Å²) in [5.41, 5.74) is -0.565. The minimum Gasteiger partial charge on any atom is -0.466 e. The van der Waals surface area contributed by atoms with Crippen molar-refractivity contribution < 1.29 is 24.2 Å². The Morgan fingerprint density at radius 2 is 1.86 bits per heavy atom. The Balaban J connectivity index is 2.99. The number of carbonyl (C=O) groups excluding carboxylic acids is 2. The Morgan fingerprint density at radius 1 is 1.25 bits per heavy atom.